The Morgan fingerprint density at radius 2 is 1.93 bits per heavy atom. The van der Waals surface area contributed by atoms with Crippen LogP contribution in [0.25, 0.3) is 0 Å². The van der Waals surface area contributed by atoms with E-state index in [9.17, 15) is 8.78 Å². The second-order valence-corrected chi connectivity index (χ2v) is 3.66. The predicted molar refractivity (Wildman–Crippen MR) is 51.0 cm³/mol. The van der Waals surface area contributed by atoms with Gasteiger partial charge >= 0.3 is 0 Å². The molecule has 0 aliphatic rings. The van der Waals surface area contributed by atoms with Crippen molar-refractivity contribution in [3.05, 3.63) is 34.9 Å². The summed E-state index contributed by atoms with van der Waals surface area (Å²) in [5.74, 6) is -1.62. The molecular formula is C11H14F2O. The van der Waals surface area contributed by atoms with Gasteiger partial charge in [-0.2, -0.15) is 0 Å². The maximum absolute atomic E-state index is 13.3. The molecule has 0 spiro atoms. The summed E-state index contributed by atoms with van der Waals surface area (Å²) < 4.78 is 26.4. The minimum absolute atomic E-state index is 0.0189. The zero-order chi connectivity index (χ0) is 10.7. The highest BCUT2D eigenvalue weighted by Gasteiger charge is 2.12. The first-order valence-corrected chi connectivity index (χ1v) is 4.60. The maximum Gasteiger partial charge on any atom is 0.162 e. The summed E-state index contributed by atoms with van der Waals surface area (Å²) in [7, 11) is 0. The molecule has 14 heavy (non-hydrogen) atoms. The van der Waals surface area contributed by atoms with E-state index >= 15 is 0 Å². The van der Waals surface area contributed by atoms with Crippen molar-refractivity contribution in [2.45, 2.75) is 20.3 Å². The van der Waals surface area contributed by atoms with Crippen LogP contribution in [0.15, 0.2) is 12.1 Å². The van der Waals surface area contributed by atoms with Crippen molar-refractivity contribution >= 4 is 0 Å². The largest absolute Gasteiger partial charge is 0.396 e. The minimum Gasteiger partial charge on any atom is -0.396 e. The van der Waals surface area contributed by atoms with E-state index in [4.69, 9.17) is 5.11 Å². The molecule has 1 atom stereocenters. The Morgan fingerprint density at radius 1 is 1.29 bits per heavy atom. The van der Waals surface area contributed by atoms with Crippen molar-refractivity contribution in [1.82, 2.24) is 0 Å². The average molecular weight is 200 g/mol. The standard InChI is InChI=1S/C11H14F2O/c1-7(6-14)5-9-4-3-8(2)10(12)11(9)13/h3-4,7,14H,5-6H2,1-2H3. The van der Waals surface area contributed by atoms with Crippen molar-refractivity contribution < 1.29 is 13.9 Å². The zero-order valence-electron chi connectivity index (χ0n) is 8.35. The SMILES string of the molecule is Cc1ccc(CC(C)CO)c(F)c1F. The fourth-order valence-electron chi connectivity index (χ4n) is 1.28. The Morgan fingerprint density at radius 3 is 2.50 bits per heavy atom. The van der Waals surface area contributed by atoms with Crippen molar-refractivity contribution in [2.75, 3.05) is 6.61 Å². The molecule has 1 unspecified atom stereocenters. The van der Waals surface area contributed by atoms with Crippen LogP contribution < -0.4 is 0 Å². The van der Waals surface area contributed by atoms with Crippen LogP contribution in [-0.4, -0.2) is 11.7 Å². The maximum atomic E-state index is 13.3. The summed E-state index contributed by atoms with van der Waals surface area (Å²) in [4.78, 5) is 0. The van der Waals surface area contributed by atoms with Gasteiger partial charge in [0.25, 0.3) is 0 Å². The van der Waals surface area contributed by atoms with Crippen LogP contribution >= 0.6 is 0 Å². The molecule has 1 aromatic rings. The average Bonchev–Trinajstić information content (AvgIpc) is 2.19. The number of halogens is 2. The fraction of sp³-hybridized carbons (Fsp3) is 0.455. The normalized spacial score (nSPS) is 12.9. The van der Waals surface area contributed by atoms with Crippen LogP contribution in [0, 0.1) is 24.5 Å². The topological polar surface area (TPSA) is 20.2 Å². The van der Waals surface area contributed by atoms with E-state index < -0.39 is 11.6 Å². The summed E-state index contributed by atoms with van der Waals surface area (Å²) in [6.07, 6.45) is 0.361. The molecule has 0 aromatic heterocycles. The first-order valence-electron chi connectivity index (χ1n) is 4.60. The minimum atomic E-state index is -0.787. The quantitative estimate of drug-likeness (QED) is 0.794. The Balaban J connectivity index is 2.94. The van der Waals surface area contributed by atoms with Gasteiger partial charge in [0.15, 0.2) is 11.6 Å². The second kappa shape index (κ2) is 4.51. The van der Waals surface area contributed by atoms with Crippen LogP contribution in [0.4, 0.5) is 8.78 Å². The fourth-order valence-corrected chi connectivity index (χ4v) is 1.28. The Labute approximate surface area is 82.4 Å². The lowest BCUT2D eigenvalue weighted by atomic mass is 10.00. The van der Waals surface area contributed by atoms with Crippen LogP contribution in [-0.2, 0) is 6.42 Å². The van der Waals surface area contributed by atoms with E-state index in [1.165, 1.54) is 6.92 Å². The highest BCUT2D eigenvalue weighted by atomic mass is 19.2. The third-order valence-corrected chi connectivity index (χ3v) is 2.24. The van der Waals surface area contributed by atoms with Crippen LogP contribution in [0.5, 0.6) is 0 Å². The van der Waals surface area contributed by atoms with Gasteiger partial charge in [-0.3, -0.25) is 0 Å². The van der Waals surface area contributed by atoms with Gasteiger partial charge < -0.3 is 5.11 Å². The van der Waals surface area contributed by atoms with E-state index in [-0.39, 0.29) is 12.5 Å². The molecule has 1 rings (SSSR count). The zero-order valence-corrected chi connectivity index (χ0v) is 8.35. The molecule has 0 amide bonds. The van der Waals surface area contributed by atoms with Gasteiger partial charge in [-0.1, -0.05) is 19.1 Å². The Kier molecular flexibility index (Phi) is 3.58. The monoisotopic (exact) mass is 200 g/mol. The molecule has 1 nitrogen and oxygen atoms in total. The molecule has 0 aliphatic carbocycles. The summed E-state index contributed by atoms with van der Waals surface area (Å²) in [5.41, 5.74) is 0.637. The van der Waals surface area contributed by atoms with Gasteiger partial charge in [0.05, 0.1) is 0 Å². The predicted octanol–water partition coefficient (Wildman–Crippen LogP) is 2.44. The molecule has 0 saturated carbocycles. The molecule has 0 radical (unpaired) electrons. The van der Waals surface area contributed by atoms with Crippen molar-refractivity contribution in [2.24, 2.45) is 5.92 Å². The van der Waals surface area contributed by atoms with Gasteiger partial charge in [-0.15, -0.1) is 0 Å². The Bertz CT molecular complexity index is 323. The molecule has 0 bridgehead atoms. The molecule has 0 heterocycles. The van der Waals surface area contributed by atoms with Gasteiger partial charge in [-0.05, 0) is 30.4 Å². The van der Waals surface area contributed by atoms with Crippen LogP contribution in [0.1, 0.15) is 18.1 Å². The summed E-state index contributed by atoms with van der Waals surface area (Å²) >= 11 is 0. The van der Waals surface area contributed by atoms with Crippen molar-refractivity contribution in [3.8, 4) is 0 Å². The molecule has 1 N–H and O–H groups in total. The summed E-state index contributed by atoms with van der Waals surface area (Å²) in [5, 5.41) is 8.79. The number of hydrogen-bond donors (Lipinski definition) is 1. The Hall–Kier alpha value is -0.960. The first-order chi connectivity index (χ1) is 6.56. The van der Waals surface area contributed by atoms with Crippen molar-refractivity contribution in [1.29, 1.82) is 0 Å². The van der Waals surface area contributed by atoms with E-state index in [1.54, 1.807) is 19.1 Å². The van der Waals surface area contributed by atoms with Crippen molar-refractivity contribution in [3.63, 3.8) is 0 Å². The molecule has 78 valence electrons. The first kappa shape index (κ1) is 11.1. The van der Waals surface area contributed by atoms with E-state index in [0.29, 0.717) is 17.5 Å². The van der Waals surface area contributed by atoms with E-state index in [2.05, 4.69) is 0 Å². The van der Waals surface area contributed by atoms with Gasteiger partial charge in [0, 0.05) is 6.61 Å². The highest BCUT2D eigenvalue weighted by molar-refractivity contribution is 5.25. The second-order valence-electron chi connectivity index (χ2n) is 3.66. The van der Waals surface area contributed by atoms with Gasteiger partial charge in [0.2, 0.25) is 0 Å². The third-order valence-electron chi connectivity index (χ3n) is 2.24. The molecule has 3 heteroatoms. The molecule has 0 saturated heterocycles. The number of aliphatic hydroxyl groups is 1. The number of hydrogen-bond acceptors (Lipinski definition) is 1. The summed E-state index contributed by atoms with van der Waals surface area (Å²) in [6.45, 7) is 3.30. The molecule has 0 aliphatic heterocycles. The lowest BCUT2D eigenvalue weighted by Gasteiger charge is -2.09. The number of aliphatic hydroxyl groups excluding tert-OH is 1. The lowest BCUT2D eigenvalue weighted by Crippen LogP contribution is -2.07. The van der Waals surface area contributed by atoms with E-state index in [1.807, 2.05) is 0 Å². The third kappa shape index (κ3) is 2.29. The number of benzene rings is 1. The van der Waals surface area contributed by atoms with Gasteiger partial charge in [0.1, 0.15) is 0 Å². The summed E-state index contributed by atoms with van der Waals surface area (Å²) in [6, 6.07) is 3.12. The van der Waals surface area contributed by atoms with Crippen LogP contribution in [0.3, 0.4) is 0 Å². The van der Waals surface area contributed by atoms with Crippen LogP contribution in [0.2, 0.25) is 0 Å². The molecule has 0 fully saturated rings. The highest BCUT2D eigenvalue weighted by Crippen LogP contribution is 2.18. The molecule has 1 aromatic carbocycles. The number of aryl methyl sites for hydroxylation is 1. The number of rotatable bonds is 3. The smallest absolute Gasteiger partial charge is 0.162 e. The van der Waals surface area contributed by atoms with Gasteiger partial charge in [-0.25, -0.2) is 8.78 Å². The lowest BCUT2D eigenvalue weighted by molar-refractivity contribution is 0.236. The molecular weight excluding hydrogens is 186 g/mol. The van der Waals surface area contributed by atoms with E-state index in [0.717, 1.165) is 0 Å².